The molecule has 0 saturated carbocycles. The average molecular weight is 464 g/mol. The maximum absolute atomic E-state index is 15.2. The molecule has 5 aromatic carbocycles. The van der Waals surface area contributed by atoms with Crippen LogP contribution in [-0.2, 0) is 0 Å². The van der Waals surface area contributed by atoms with Gasteiger partial charge in [-0.25, -0.2) is 14.0 Å². The van der Waals surface area contributed by atoms with Crippen LogP contribution in [0.2, 0.25) is 0 Å². The van der Waals surface area contributed by atoms with Crippen molar-refractivity contribution < 1.29 is 23.5 Å². The molecule has 0 aliphatic carbocycles. The summed E-state index contributed by atoms with van der Waals surface area (Å²) in [6.07, 6.45) is 0. The molecule has 172 valence electrons. The number of benzene rings is 5. The monoisotopic (exact) mass is 464 g/mol. The Kier molecular flexibility index (Phi) is 5.75. The zero-order valence-electron chi connectivity index (χ0n) is 19.2. The highest BCUT2D eigenvalue weighted by atomic mass is 19.1. The number of carbonyl (C=O) groups excluding carboxylic acids is 2. The number of hydrogen-bond acceptors (Lipinski definition) is 4. The number of rotatable bonds is 4. The molecule has 0 spiro atoms. The highest BCUT2D eigenvalue weighted by Crippen LogP contribution is 2.44. The van der Waals surface area contributed by atoms with Crippen molar-refractivity contribution >= 4 is 33.5 Å². The molecular formula is C30H21FO4. The van der Waals surface area contributed by atoms with Gasteiger partial charge in [0.25, 0.3) is 0 Å². The highest BCUT2D eigenvalue weighted by molar-refractivity contribution is 6.14. The molecule has 0 aliphatic heterocycles. The summed E-state index contributed by atoms with van der Waals surface area (Å²) in [5.41, 5.74) is 2.74. The molecule has 0 radical (unpaired) electrons. The van der Waals surface area contributed by atoms with E-state index in [9.17, 15) is 9.59 Å². The van der Waals surface area contributed by atoms with Crippen molar-refractivity contribution in [3.63, 3.8) is 0 Å². The lowest BCUT2D eigenvalue weighted by Crippen LogP contribution is -2.11. The van der Waals surface area contributed by atoms with Gasteiger partial charge in [-0.2, -0.15) is 0 Å². The molecule has 5 rings (SSSR count). The normalized spacial score (nSPS) is 10.9. The fourth-order valence-electron chi connectivity index (χ4n) is 4.00. The molecule has 0 fully saturated rings. The van der Waals surface area contributed by atoms with Gasteiger partial charge in [0, 0.05) is 16.2 Å². The third-order valence-corrected chi connectivity index (χ3v) is 5.87. The molecule has 35 heavy (non-hydrogen) atoms. The molecule has 0 unspecified atom stereocenters. The van der Waals surface area contributed by atoms with E-state index in [1.54, 1.807) is 66.7 Å². The first kappa shape index (κ1) is 22.3. The molecule has 0 saturated heterocycles. The summed E-state index contributed by atoms with van der Waals surface area (Å²) >= 11 is 0. The Morgan fingerprint density at radius 2 is 1.03 bits per heavy atom. The van der Waals surface area contributed by atoms with E-state index in [0.717, 1.165) is 11.1 Å². The van der Waals surface area contributed by atoms with Gasteiger partial charge in [-0.3, -0.25) is 0 Å². The Morgan fingerprint density at radius 3 is 1.57 bits per heavy atom. The van der Waals surface area contributed by atoms with Gasteiger partial charge in [0.05, 0.1) is 16.5 Å². The lowest BCUT2D eigenvalue weighted by atomic mass is 10.00. The smallest absolute Gasteiger partial charge is 0.343 e. The molecule has 0 N–H and O–H groups in total. The largest absolute Gasteiger partial charge is 0.422 e. The average Bonchev–Trinajstić information content (AvgIpc) is 2.86. The molecule has 0 atom stereocenters. The van der Waals surface area contributed by atoms with Gasteiger partial charge in [-0.05, 0) is 44.2 Å². The fourth-order valence-corrected chi connectivity index (χ4v) is 4.00. The molecule has 5 heteroatoms. The quantitative estimate of drug-likeness (QED) is 0.160. The van der Waals surface area contributed by atoms with Crippen LogP contribution in [0, 0.1) is 19.7 Å². The minimum Gasteiger partial charge on any atom is -0.422 e. The first-order valence-electron chi connectivity index (χ1n) is 11.1. The number of fused-ring (bicyclic) bond motifs is 2. The number of ether oxygens (including phenoxy) is 2. The van der Waals surface area contributed by atoms with E-state index in [4.69, 9.17) is 9.47 Å². The van der Waals surface area contributed by atoms with Crippen molar-refractivity contribution in [2.24, 2.45) is 0 Å². The topological polar surface area (TPSA) is 52.6 Å². The van der Waals surface area contributed by atoms with Gasteiger partial charge in [0.15, 0.2) is 0 Å². The predicted octanol–water partition coefficient (Wildman–Crippen LogP) is 7.19. The van der Waals surface area contributed by atoms with Crippen LogP contribution in [0.5, 0.6) is 11.5 Å². The van der Waals surface area contributed by atoms with Crippen LogP contribution in [0.4, 0.5) is 4.39 Å². The third-order valence-electron chi connectivity index (χ3n) is 5.87. The second kappa shape index (κ2) is 9.03. The van der Waals surface area contributed by atoms with Gasteiger partial charge < -0.3 is 9.47 Å². The van der Waals surface area contributed by atoms with E-state index in [-0.39, 0.29) is 16.9 Å². The second-order valence-electron chi connectivity index (χ2n) is 8.38. The van der Waals surface area contributed by atoms with Crippen LogP contribution >= 0.6 is 0 Å². The van der Waals surface area contributed by atoms with E-state index in [1.807, 2.05) is 26.0 Å². The van der Waals surface area contributed by atoms with Crippen LogP contribution in [0.15, 0.2) is 91.0 Å². The van der Waals surface area contributed by atoms with Gasteiger partial charge >= 0.3 is 11.9 Å². The zero-order chi connectivity index (χ0) is 24.5. The summed E-state index contributed by atoms with van der Waals surface area (Å²) in [5.74, 6) is -1.48. The Hall–Kier alpha value is -4.51. The van der Waals surface area contributed by atoms with E-state index >= 15 is 4.39 Å². The summed E-state index contributed by atoms with van der Waals surface area (Å²) in [6, 6.07) is 25.4. The number of aryl methyl sites for hydroxylation is 2. The Bertz CT molecular complexity index is 1590. The van der Waals surface area contributed by atoms with Gasteiger partial charge in [-0.1, -0.05) is 71.8 Å². The lowest BCUT2D eigenvalue weighted by Gasteiger charge is -2.17. The van der Waals surface area contributed by atoms with E-state index < -0.39 is 17.8 Å². The molecule has 0 bridgehead atoms. The predicted molar refractivity (Wildman–Crippen MR) is 134 cm³/mol. The molecule has 0 aromatic heterocycles. The van der Waals surface area contributed by atoms with Crippen molar-refractivity contribution in [2.75, 3.05) is 0 Å². The van der Waals surface area contributed by atoms with Crippen molar-refractivity contribution in [3.05, 3.63) is 119 Å². The number of esters is 2. The van der Waals surface area contributed by atoms with Gasteiger partial charge in [-0.15, -0.1) is 0 Å². The summed E-state index contributed by atoms with van der Waals surface area (Å²) < 4.78 is 26.9. The Morgan fingerprint density at radius 1 is 0.571 bits per heavy atom. The number of hydrogen-bond donors (Lipinski definition) is 0. The van der Waals surface area contributed by atoms with Crippen LogP contribution in [0.1, 0.15) is 31.8 Å². The summed E-state index contributed by atoms with van der Waals surface area (Å²) in [4.78, 5) is 25.9. The first-order valence-corrected chi connectivity index (χ1v) is 11.1. The minimum atomic E-state index is -0.607. The van der Waals surface area contributed by atoms with Crippen LogP contribution < -0.4 is 9.47 Å². The van der Waals surface area contributed by atoms with Crippen LogP contribution in [0.25, 0.3) is 21.5 Å². The van der Waals surface area contributed by atoms with Crippen molar-refractivity contribution in [1.29, 1.82) is 0 Å². The zero-order valence-corrected chi connectivity index (χ0v) is 19.2. The third kappa shape index (κ3) is 4.24. The number of carbonyl (C=O) groups is 2. The molecule has 0 amide bonds. The van der Waals surface area contributed by atoms with Crippen LogP contribution in [-0.4, -0.2) is 11.9 Å². The second-order valence-corrected chi connectivity index (χ2v) is 8.38. The molecule has 0 aliphatic rings. The molecular weight excluding hydrogens is 443 g/mol. The molecule has 4 nitrogen and oxygen atoms in total. The lowest BCUT2D eigenvalue weighted by molar-refractivity contribution is 0.0726. The van der Waals surface area contributed by atoms with Crippen molar-refractivity contribution in [3.8, 4) is 11.5 Å². The summed E-state index contributed by atoms with van der Waals surface area (Å²) in [7, 11) is 0. The maximum Gasteiger partial charge on any atom is 0.343 e. The number of halogens is 1. The van der Waals surface area contributed by atoms with E-state index in [2.05, 4.69) is 0 Å². The molecule has 0 heterocycles. The Labute approximate surface area is 201 Å². The SMILES string of the molecule is Cc1ccc(C(=O)Oc2c3ccccc3c(OC(=O)c3ccc(C)cc3)c3c(F)cccc23)cc1. The van der Waals surface area contributed by atoms with E-state index in [1.165, 1.54) is 12.1 Å². The summed E-state index contributed by atoms with van der Waals surface area (Å²) in [5, 5.41) is 1.38. The maximum atomic E-state index is 15.2. The van der Waals surface area contributed by atoms with Crippen molar-refractivity contribution in [2.45, 2.75) is 13.8 Å². The first-order chi connectivity index (χ1) is 16.9. The van der Waals surface area contributed by atoms with Crippen molar-refractivity contribution in [1.82, 2.24) is 0 Å². The minimum absolute atomic E-state index is 0.0679. The highest BCUT2D eigenvalue weighted by Gasteiger charge is 2.23. The van der Waals surface area contributed by atoms with Gasteiger partial charge in [0.2, 0.25) is 0 Å². The Balaban J connectivity index is 1.68. The standard InChI is InChI=1S/C30H21FO4/c1-18-10-14-20(15-11-18)29(32)34-27-22-6-3-4-7-23(22)28(26-24(27)8-5-9-25(26)31)35-30(33)21-16-12-19(2)13-17-21/h3-17H,1-2H3. The fraction of sp³-hybridized carbons (Fsp3) is 0.0667. The van der Waals surface area contributed by atoms with Crippen LogP contribution in [0.3, 0.4) is 0 Å². The molecule has 5 aromatic rings. The summed E-state index contributed by atoms with van der Waals surface area (Å²) in [6.45, 7) is 3.84. The van der Waals surface area contributed by atoms with Gasteiger partial charge in [0.1, 0.15) is 17.3 Å². The van der Waals surface area contributed by atoms with E-state index in [0.29, 0.717) is 27.3 Å².